The first-order valence-corrected chi connectivity index (χ1v) is 7.99. The molecular weight excluding hydrogens is 332 g/mol. The SMILES string of the molecule is Cc1cccc(NC(=O)Cn2ncc3c(-c4ccco4)nc(N)nc32)c1. The third kappa shape index (κ3) is 3.00. The zero-order chi connectivity index (χ0) is 18.1. The van der Waals surface area contributed by atoms with Crippen LogP contribution in [0.1, 0.15) is 5.56 Å². The van der Waals surface area contributed by atoms with Crippen molar-refractivity contribution in [2.24, 2.45) is 0 Å². The van der Waals surface area contributed by atoms with Crippen LogP contribution in [0.2, 0.25) is 0 Å². The number of rotatable bonds is 4. The maximum atomic E-state index is 12.4. The third-order valence-electron chi connectivity index (χ3n) is 3.86. The lowest BCUT2D eigenvalue weighted by atomic mass is 10.2. The largest absolute Gasteiger partial charge is 0.463 e. The summed E-state index contributed by atoms with van der Waals surface area (Å²) in [5.41, 5.74) is 8.64. The van der Waals surface area contributed by atoms with Crippen molar-refractivity contribution in [1.82, 2.24) is 19.7 Å². The summed E-state index contributed by atoms with van der Waals surface area (Å²) in [7, 11) is 0. The molecule has 4 rings (SSSR count). The third-order valence-corrected chi connectivity index (χ3v) is 3.86. The van der Waals surface area contributed by atoms with Crippen molar-refractivity contribution in [3.05, 3.63) is 54.4 Å². The molecule has 130 valence electrons. The van der Waals surface area contributed by atoms with Crippen LogP contribution in [0.3, 0.4) is 0 Å². The molecule has 1 aromatic carbocycles. The van der Waals surface area contributed by atoms with Crippen LogP contribution in [0.5, 0.6) is 0 Å². The highest BCUT2D eigenvalue weighted by atomic mass is 16.3. The van der Waals surface area contributed by atoms with Gasteiger partial charge in [0.2, 0.25) is 11.9 Å². The number of benzene rings is 1. The molecule has 0 aliphatic heterocycles. The summed E-state index contributed by atoms with van der Waals surface area (Å²) in [6, 6.07) is 11.1. The highest BCUT2D eigenvalue weighted by Gasteiger charge is 2.16. The second-order valence-corrected chi connectivity index (χ2v) is 5.86. The molecular formula is C18H16N6O2. The molecule has 0 spiro atoms. The highest BCUT2D eigenvalue weighted by Crippen LogP contribution is 2.26. The second kappa shape index (κ2) is 6.32. The van der Waals surface area contributed by atoms with Gasteiger partial charge in [0.1, 0.15) is 12.2 Å². The van der Waals surface area contributed by atoms with E-state index in [-0.39, 0.29) is 18.4 Å². The average Bonchev–Trinajstić information content (AvgIpc) is 3.25. The number of anilines is 2. The Morgan fingerprint density at radius 2 is 2.15 bits per heavy atom. The zero-order valence-corrected chi connectivity index (χ0v) is 14.0. The van der Waals surface area contributed by atoms with Gasteiger partial charge in [-0.2, -0.15) is 10.1 Å². The lowest BCUT2D eigenvalue weighted by Gasteiger charge is -2.07. The van der Waals surface area contributed by atoms with Crippen LogP contribution < -0.4 is 11.1 Å². The maximum absolute atomic E-state index is 12.4. The fraction of sp³-hybridized carbons (Fsp3) is 0.111. The molecule has 0 aliphatic carbocycles. The van der Waals surface area contributed by atoms with Crippen molar-refractivity contribution in [1.29, 1.82) is 0 Å². The molecule has 4 aromatic rings. The number of nitrogen functional groups attached to an aromatic ring is 1. The predicted octanol–water partition coefficient (Wildman–Crippen LogP) is 2.62. The van der Waals surface area contributed by atoms with Crippen molar-refractivity contribution in [2.75, 3.05) is 11.1 Å². The van der Waals surface area contributed by atoms with Crippen LogP contribution in [0.25, 0.3) is 22.5 Å². The van der Waals surface area contributed by atoms with Crippen molar-refractivity contribution < 1.29 is 9.21 Å². The zero-order valence-electron chi connectivity index (χ0n) is 14.0. The minimum Gasteiger partial charge on any atom is -0.463 e. The van der Waals surface area contributed by atoms with E-state index in [1.807, 2.05) is 31.2 Å². The van der Waals surface area contributed by atoms with Gasteiger partial charge in [-0.25, -0.2) is 9.67 Å². The van der Waals surface area contributed by atoms with Gasteiger partial charge in [0, 0.05) is 5.69 Å². The Morgan fingerprint density at radius 3 is 2.92 bits per heavy atom. The summed E-state index contributed by atoms with van der Waals surface area (Å²) in [6.45, 7) is 1.97. The van der Waals surface area contributed by atoms with Gasteiger partial charge in [0.15, 0.2) is 11.4 Å². The van der Waals surface area contributed by atoms with Gasteiger partial charge in [-0.15, -0.1) is 0 Å². The monoisotopic (exact) mass is 348 g/mol. The number of aromatic nitrogens is 4. The van der Waals surface area contributed by atoms with Crippen molar-refractivity contribution in [3.63, 3.8) is 0 Å². The quantitative estimate of drug-likeness (QED) is 0.586. The summed E-state index contributed by atoms with van der Waals surface area (Å²) >= 11 is 0. The Bertz CT molecular complexity index is 1080. The normalized spacial score (nSPS) is 11.0. The molecule has 0 saturated heterocycles. The fourth-order valence-corrected chi connectivity index (χ4v) is 2.75. The molecule has 0 saturated carbocycles. The van der Waals surface area contributed by atoms with Crippen LogP contribution in [0.15, 0.2) is 53.3 Å². The van der Waals surface area contributed by atoms with Crippen LogP contribution in [0.4, 0.5) is 11.6 Å². The Labute approximate surface area is 148 Å². The van der Waals surface area contributed by atoms with E-state index in [1.165, 1.54) is 4.68 Å². The number of amides is 1. The topological polar surface area (TPSA) is 112 Å². The fourth-order valence-electron chi connectivity index (χ4n) is 2.75. The van der Waals surface area contributed by atoms with Crippen molar-refractivity contribution >= 4 is 28.6 Å². The van der Waals surface area contributed by atoms with Gasteiger partial charge < -0.3 is 15.5 Å². The van der Waals surface area contributed by atoms with E-state index in [9.17, 15) is 4.79 Å². The van der Waals surface area contributed by atoms with Gasteiger partial charge in [-0.05, 0) is 36.8 Å². The first kappa shape index (κ1) is 15.8. The van der Waals surface area contributed by atoms with Gasteiger partial charge in [0.05, 0.1) is 17.8 Å². The number of hydrogen-bond acceptors (Lipinski definition) is 6. The van der Waals surface area contributed by atoms with Gasteiger partial charge in [-0.3, -0.25) is 4.79 Å². The molecule has 0 unspecified atom stereocenters. The number of nitrogens with two attached hydrogens (primary N) is 1. The van der Waals surface area contributed by atoms with Crippen LogP contribution in [0, 0.1) is 6.92 Å². The molecule has 3 heterocycles. The average molecular weight is 348 g/mol. The predicted molar refractivity (Wildman–Crippen MR) is 97.2 cm³/mol. The Hall–Kier alpha value is -3.68. The molecule has 0 aliphatic rings. The summed E-state index contributed by atoms with van der Waals surface area (Å²) < 4.78 is 6.89. The van der Waals surface area contributed by atoms with Crippen molar-refractivity contribution in [2.45, 2.75) is 13.5 Å². The first-order valence-electron chi connectivity index (χ1n) is 7.99. The lowest BCUT2D eigenvalue weighted by molar-refractivity contribution is -0.116. The highest BCUT2D eigenvalue weighted by molar-refractivity contribution is 5.93. The summed E-state index contributed by atoms with van der Waals surface area (Å²) in [5, 5.41) is 7.78. The Kier molecular flexibility index (Phi) is 3.85. The number of furan rings is 1. The number of fused-ring (bicyclic) bond motifs is 1. The summed E-state index contributed by atoms with van der Waals surface area (Å²) in [6.07, 6.45) is 3.16. The molecule has 8 heteroatoms. The number of carbonyl (C=O) groups excluding carboxylic acids is 1. The summed E-state index contributed by atoms with van der Waals surface area (Å²) in [4.78, 5) is 20.8. The number of nitrogens with zero attached hydrogens (tertiary/aromatic N) is 4. The maximum Gasteiger partial charge on any atom is 0.246 e. The van der Waals surface area contributed by atoms with Gasteiger partial charge in [-0.1, -0.05) is 12.1 Å². The Balaban J connectivity index is 1.64. The summed E-state index contributed by atoms with van der Waals surface area (Å²) in [5.74, 6) is 0.440. The van der Waals surface area contributed by atoms with E-state index in [0.29, 0.717) is 22.5 Å². The Morgan fingerprint density at radius 1 is 1.27 bits per heavy atom. The smallest absolute Gasteiger partial charge is 0.246 e. The first-order chi connectivity index (χ1) is 12.6. The van der Waals surface area contributed by atoms with E-state index in [0.717, 1.165) is 11.3 Å². The minimum atomic E-state index is -0.211. The number of hydrogen-bond donors (Lipinski definition) is 2. The molecule has 26 heavy (non-hydrogen) atoms. The second-order valence-electron chi connectivity index (χ2n) is 5.86. The molecule has 0 atom stereocenters. The number of carbonyl (C=O) groups is 1. The van der Waals surface area contributed by atoms with Gasteiger partial charge in [0.25, 0.3) is 0 Å². The standard InChI is InChI=1S/C18H16N6O2/c1-11-4-2-5-12(8-11)21-15(25)10-24-17-13(9-20-24)16(22-18(19)23-17)14-6-3-7-26-14/h2-9H,10H2,1H3,(H,21,25)(H2,19,22,23). The molecule has 0 bridgehead atoms. The number of nitrogens with one attached hydrogen (secondary N) is 1. The van der Waals surface area contributed by atoms with E-state index in [2.05, 4.69) is 20.4 Å². The van der Waals surface area contributed by atoms with E-state index >= 15 is 0 Å². The molecule has 0 radical (unpaired) electrons. The van der Waals surface area contributed by atoms with E-state index in [4.69, 9.17) is 10.2 Å². The molecule has 3 aromatic heterocycles. The molecule has 3 N–H and O–H groups in total. The van der Waals surface area contributed by atoms with E-state index < -0.39 is 0 Å². The van der Waals surface area contributed by atoms with Crippen molar-refractivity contribution in [3.8, 4) is 11.5 Å². The van der Waals surface area contributed by atoms with Crippen LogP contribution >= 0.6 is 0 Å². The molecule has 0 fully saturated rings. The van der Waals surface area contributed by atoms with Gasteiger partial charge >= 0.3 is 0 Å². The molecule has 8 nitrogen and oxygen atoms in total. The molecule has 1 amide bonds. The van der Waals surface area contributed by atoms with Crippen LogP contribution in [-0.4, -0.2) is 25.7 Å². The minimum absolute atomic E-state index is 0.00545. The van der Waals surface area contributed by atoms with E-state index in [1.54, 1.807) is 24.6 Å². The number of aryl methyl sites for hydroxylation is 1. The lowest BCUT2D eigenvalue weighted by Crippen LogP contribution is -2.19. The van der Waals surface area contributed by atoms with Crippen LogP contribution in [-0.2, 0) is 11.3 Å².